The summed E-state index contributed by atoms with van der Waals surface area (Å²) in [5, 5.41) is 21.9. The number of rotatable bonds is 5. The summed E-state index contributed by atoms with van der Waals surface area (Å²) in [6, 6.07) is 22.3. The van der Waals surface area contributed by atoms with Crippen molar-refractivity contribution in [3.05, 3.63) is 112 Å². The quantitative estimate of drug-likeness (QED) is 0.229. The number of nitriles is 1. The molecule has 0 N–H and O–H groups in total. The molecule has 1 fully saturated rings. The molecule has 8 nitrogen and oxygen atoms in total. The van der Waals surface area contributed by atoms with Crippen LogP contribution in [0.2, 0.25) is 0 Å². The number of para-hydroxylation sites is 1. The maximum absolute atomic E-state index is 14.1. The summed E-state index contributed by atoms with van der Waals surface area (Å²) < 4.78 is 5.17. The molecule has 178 valence electrons. The number of hydrogen-bond donors (Lipinski definition) is 0. The van der Waals surface area contributed by atoms with Gasteiger partial charge in [0.1, 0.15) is 6.04 Å². The van der Waals surface area contributed by atoms with E-state index in [-0.39, 0.29) is 11.5 Å². The Morgan fingerprint density at radius 1 is 1.03 bits per heavy atom. The second-order valence-electron chi connectivity index (χ2n) is 8.74. The van der Waals surface area contributed by atoms with Gasteiger partial charge in [-0.25, -0.2) is 0 Å². The fourth-order valence-electron chi connectivity index (χ4n) is 5.49. The van der Waals surface area contributed by atoms with E-state index in [4.69, 9.17) is 4.74 Å². The third-order valence-electron chi connectivity index (χ3n) is 7.04. The van der Waals surface area contributed by atoms with Crippen LogP contribution in [-0.4, -0.2) is 35.9 Å². The van der Waals surface area contributed by atoms with Crippen molar-refractivity contribution in [2.45, 2.75) is 18.0 Å². The van der Waals surface area contributed by atoms with Crippen LogP contribution in [0.15, 0.2) is 84.9 Å². The van der Waals surface area contributed by atoms with Crippen LogP contribution < -0.4 is 4.90 Å². The zero-order valence-corrected chi connectivity index (χ0v) is 19.3. The molecule has 2 aliphatic rings. The molecule has 3 aromatic rings. The molecule has 3 aromatic carbocycles. The Balaban J connectivity index is 1.80. The van der Waals surface area contributed by atoms with Crippen LogP contribution in [0.25, 0.3) is 6.08 Å². The van der Waals surface area contributed by atoms with Crippen molar-refractivity contribution < 1.29 is 19.2 Å². The van der Waals surface area contributed by atoms with E-state index < -0.39 is 34.3 Å². The Hall–Kier alpha value is -4.77. The highest BCUT2D eigenvalue weighted by Crippen LogP contribution is 2.56. The number of Topliss-reactive ketones (excluding diaryl/α,β-unsaturated/α-hetero) is 1. The second kappa shape index (κ2) is 8.78. The summed E-state index contributed by atoms with van der Waals surface area (Å²) in [5.41, 5.74) is 0.532. The van der Waals surface area contributed by atoms with Crippen LogP contribution in [0.1, 0.15) is 27.4 Å². The van der Waals surface area contributed by atoms with Crippen LogP contribution in [0, 0.1) is 26.9 Å². The lowest BCUT2D eigenvalue weighted by atomic mass is 9.68. The van der Waals surface area contributed by atoms with Gasteiger partial charge in [0.2, 0.25) is 0 Å². The molecular weight excluding hydrogens is 458 g/mol. The standard InChI is InChI=1S/C28H21N3O5/c1-36-27(33)28(17-29)23-16-13-18-7-5-6-10-22(18)30(23)25(26(32)20-8-3-2-4-9-20)24(28)19-11-14-21(15-12-19)31(34)35/h2-16,23-25H,1H3/t23-,24+,25+,28-/m1/s1. The molecule has 0 aromatic heterocycles. The number of hydrogen-bond acceptors (Lipinski definition) is 7. The van der Waals surface area contributed by atoms with Crippen molar-refractivity contribution >= 4 is 29.2 Å². The Morgan fingerprint density at radius 2 is 1.69 bits per heavy atom. The topological polar surface area (TPSA) is 114 Å². The van der Waals surface area contributed by atoms with E-state index >= 15 is 0 Å². The average Bonchev–Trinajstić information content (AvgIpc) is 3.24. The lowest BCUT2D eigenvalue weighted by molar-refractivity contribution is -0.384. The van der Waals surface area contributed by atoms with Gasteiger partial charge in [-0.05, 0) is 17.2 Å². The number of non-ortho nitro benzene ring substituents is 1. The minimum absolute atomic E-state index is 0.133. The van der Waals surface area contributed by atoms with Crippen LogP contribution in [0.3, 0.4) is 0 Å². The predicted octanol–water partition coefficient (Wildman–Crippen LogP) is 4.53. The molecule has 0 bridgehead atoms. The van der Waals surface area contributed by atoms with Gasteiger partial charge < -0.3 is 9.64 Å². The van der Waals surface area contributed by atoms with Crippen LogP contribution in [0.4, 0.5) is 11.4 Å². The first-order valence-corrected chi connectivity index (χ1v) is 11.3. The highest BCUT2D eigenvalue weighted by atomic mass is 16.6. The molecule has 8 heteroatoms. The Bertz CT molecular complexity index is 1430. The van der Waals surface area contributed by atoms with E-state index in [1.54, 1.807) is 36.4 Å². The molecule has 0 saturated carbocycles. The highest BCUT2D eigenvalue weighted by Gasteiger charge is 2.67. The van der Waals surface area contributed by atoms with Crippen LogP contribution >= 0.6 is 0 Å². The number of esters is 1. The third-order valence-corrected chi connectivity index (χ3v) is 7.04. The second-order valence-corrected chi connectivity index (χ2v) is 8.74. The number of methoxy groups -OCH3 is 1. The number of benzene rings is 3. The minimum atomic E-state index is -1.79. The van der Waals surface area contributed by atoms with Gasteiger partial charge in [0.05, 0.1) is 24.1 Å². The summed E-state index contributed by atoms with van der Waals surface area (Å²) in [6.07, 6.45) is 3.60. The average molecular weight is 479 g/mol. The SMILES string of the molecule is COC(=O)[C@@]1(C#N)[C@@H](c2ccc([N+](=O)[O-])cc2)[C@@H](C(=O)c2ccccc2)N2c3ccccc3C=C[C@@H]21. The molecule has 0 radical (unpaired) electrons. The van der Waals surface area contributed by atoms with Crippen molar-refractivity contribution in [1.29, 1.82) is 5.26 Å². The molecule has 36 heavy (non-hydrogen) atoms. The zero-order valence-electron chi connectivity index (χ0n) is 19.3. The largest absolute Gasteiger partial charge is 0.468 e. The maximum atomic E-state index is 14.1. The van der Waals surface area contributed by atoms with Gasteiger partial charge >= 0.3 is 5.97 Å². The van der Waals surface area contributed by atoms with Gasteiger partial charge in [-0.2, -0.15) is 5.26 Å². The number of nitrogens with zero attached hydrogens (tertiary/aromatic N) is 3. The number of fused-ring (bicyclic) bond motifs is 3. The highest BCUT2D eigenvalue weighted by molar-refractivity contribution is 6.06. The molecule has 0 spiro atoms. The molecule has 4 atom stereocenters. The van der Waals surface area contributed by atoms with Crippen molar-refractivity contribution in [2.24, 2.45) is 5.41 Å². The number of nitro benzene ring substituents is 1. The lowest BCUT2D eigenvalue weighted by Gasteiger charge is -2.36. The van der Waals surface area contributed by atoms with Crippen molar-refractivity contribution in [3.63, 3.8) is 0 Å². The van der Waals surface area contributed by atoms with Crippen molar-refractivity contribution in [3.8, 4) is 6.07 Å². The van der Waals surface area contributed by atoms with Gasteiger partial charge in [0.25, 0.3) is 5.69 Å². The third kappa shape index (κ3) is 3.28. The summed E-state index contributed by atoms with van der Waals surface area (Å²) >= 11 is 0. The van der Waals surface area contributed by atoms with Gasteiger partial charge in [0, 0.05) is 29.3 Å². The summed E-state index contributed by atoms with van der Waals surface area (Å²) in [7, 11) is 1.21. The fraction of sp³-hybridized carbons (Fsp3) is 0.179. The smallest absolute Gasteiger partial charge is 0.329 e. The predicted molar refractivity (Wildman–Crippen MR) is 132 cm³/mol. The lowest BCUT2D eigenvalue weighted by Crippen LogP contribution is -2.46. The molecule has 1 saturated heterocycles. The minimum Gasteiger partial charge on any atom is -0.468 e. The Labute approximate surface area is 207 Å². The van der Waals surface area contributed by atoms with Crippen LogP contribution in [0.5, 0.6) is 0 Å². The number of carbonyl (C=O) groups is 2. The molecule has 5 rings (SSSR count). The van der Waals surface area contributed by atoms with E-state index in [9.17, 15) is 25.0 Å². The van der Waals surface area contributed by atoms with E-state index in [0.717, 1.165) is 5.56 Å². The summed E-state index contributed by atoms with van der Waals surface area (Å²) in [5.74, 6) is -2.00. The van der Waals surface area contributed by atoms with E-state index in [2.05, 4.69) is 6.07 Å². The van der Waals surface area contributed by atoms with E-state index in [1.807, 2.05) is 35.2 Å². The van der Waals surface area contributed by atoms with Crippen molar-refractivity contribution in [1.82, 2.24) is 0 Å². The van der Waals surface area contributed by atoms with Gasteiger partial charge in [-0.3, -0.25) is 19.7 Å². The Morgan fingerprint density at radius 3 is 2.33 bits per heavy atom. The first-order chi connectivity index (χ1) is 17.4. The van der Waals surface area contributed by atoms with Crippen LogP contribution in [-0.2, 0) is 9.53 Å². The normalized spacial score (nSPS) is 23.8. The molecule has 0 aliphatic carbocycles. The number of carbonyl (C=O) groups excluding carboxylic acids is 2. The van der Waals surface area contributed by atoms with E-state index in [1.165, 1.54) is 31.4 Å². The summed E-state index contributed by atoms with van der Waals surface area (Å²) in [6.45, 7) is 0. The first-order valence-electron chi connectivity index (χ1n) is 11.3. The molecular formula is C28H21N3O5. The molecule has 2 aliphatic heterocycles. The number of nitro groups is 1. The van der Waals surface area contributed by atoms with Gasteiger partial charge in [-0.15, -0.1) is 0 Å². The number of anilines is 1. The van der Waals surface area contributed by atoms with E-state index in [0.29, 0.717) is 16.8 Å². The Kier molecular flexibility index (Phi) is 5.61. The van der Waals surface area contributed by atoms with Gasteiger partial charge in [-0.1, -0.05) is 72.8 Å². The zero-order chi connectivity index (χ0) is 25.4. The van der Waals surface area contributed by atoms with Crippen molar-refractivity contribution in [2.75, 3.05) is 12.0 Å². The summed E-state index contributed by atoms with van der Waals surface area (Å²) in [4.78, 5) is 40.2. The monoisotopic (exact) mass is 479 g/mol. The number of ketones is 1. The molecule has 0 unspecified atom stereocenters. The maximum Gasteiger partial charge on any atom is 0.329 e. The van der Waals surface area contributed by atoms with Gasteiger partial charge in [0.15, 0.2) is 11.2 Å². The molecule has 2 heterocycles. The molecule has 0 amide bonds. The first kappa shape index (κ1) is 23.0. The number of ether oxygens (including phenoxy) is 1. The fourth-order valence-corrected chi connectivity index (χ4v) is 5.49.